The van der Waals surface area contributed by atoms with E-state index in [1.165, 1.54) is 5.57 Å². The Bertz CT molecular complexity index is 68.9. The van der Waals surface area contributed by atoms with Crippen LogP contribution in [0.5, 0.6) is 0 Å². The molecule has 0 aromatic rings. The van der Waals surface area contributed by atoms with Gasteiger partial charge in [0.1, 0.15) is 0 Å². The Morgan fingerprint density at radius 1 is 1.62 bits per heavy atom. The van der Waals surface area contributed by atoms with Crippen LogP contribution in [0.2, 0.25) is 0 Å². The highest BCUT2D eigenvalue weighted by Crippen LogP contribution is 1.93. The highest BCUT2D eigenvalue weighted by Gasteiger charge is 1.76. The third kappa shape index (κ3) is 5.83. The Kier molecular flexibility index (Phi) is 9.17. The van der Waals surface area contributed by atoms with E-state index >= 15 is 0 Å². The van der Waals surface area contributed by atoms with Gasteiger partial charge in [0.05, 0.1) is 0 Å². The van der Waals surface area contributed by atoms with Crippen molar-refractivity contribution < 1.29 is 0 Å². The summed E-state index contributed by atoms with van der Waals surface area (Å²) >= 11 is 0. The lowest BCUT2D eigenvalue weighted by Crippen LogP contribution is -1.93. The molecule has 1 N–H and O–H groups in total. The van der Waals surface area contributed by atoms with Crippen LogP contribution < -0.4 is 5.32 Å². The Morgan fingerprint density at radius 2 is 2.12 bits per heavy atom. The smallest absolute Gasteiger partial charge is 0.00276 e. The predicted molar refractivity (Wildman–Crippen MR) is 40.4 cm³/mol. The lowest BCUT2D eigenvalue weighted by molar-refractivity contribution is 1.01. The molecule has 50 valence electrons. The van der Waals surface area contributed by atoms with Gasteiger partial charge in [0.25, 0.3) is 0 Å². The maximum Gasteiger partial charge on any atom is 0.00276 e. The maximum atomic E-state index is 2.96. The van der Waals surface area contributed by atoms with Crippen molar-refractivity contribution in [1.82, 2.24) is 5.32 Å². The quantitative estimate of drug-likeness (QED) is 0.610. The Labute approximate surface area is 57.6 Å². The molecule has 0 saturated carbocycles. The number of nitrogens with one attached hydrogen (secondary N) is 1. The highest BCUT2D eigenvalue weighted by molar-refractivity contribution is 5.85. The van der Waals surface area contributed by atoms with Crippen LogP contribution in [0.4, 0.5) is 0 Å². The molecule has 0 aromatic carbocycles. The zero-order valence-electron chi connectivity index (χ0n) is 5.69. The summed E-state index contributed by atoms with van der Waals surface area (Å²) in [5.41, 5.74) is 1.39. The van der Waals surface area contributed by atoms with Gasteiger partial charge < -0.3 is 5.32 Å². The minimum Gasteiger partial charge on any atom is -0.394 e. The second-order valence-electron chi connectivity index (χ2n) is 1.63. The van der Waals surface area contributed by atoms with E-state index in [0.29, 0.717) is 0 Å². The van der Waals surface area contributed by atoms with Gasteiger partial charge in [-0.2, -0.15) is 0 Å². The second-order valence-corrected chi connectivity index (χ2v) is 1.63. The van der Waals surface area contributed by atoms with Crippen molar-refractivity contribution in [3.8, 4) is 0 Å². The molecule has 0 heterocycles. The number of hydrogen-bond acceptors (Lipinski definition) is 1. The van der Waals surface area contributed by atoms with Gasteiger partial charge in [-0.25, -0.2) is 0 Å². The molecular formula is C6H14ClN. The minimum absolute atomic E-state index is 0. The van der Waals surface area contributed by atoms with Crippen molar-refractivity contribution >= 4 is 12.4 Å². The summed E-state index contributed by atoms with van der Waals surface area (Å²) in [5.74, 6) is 0. The van der Waals surface area contributed by atoms with E-state index in [9.17, 15) is 0 Å². The van der Waals surface area contributed by atoms with Crippen LogP contribution in [0.1, 0.15) is 20.3 Å². The molecule has 0 rings (SSSR count). The number of hydrogen-bond donors (Lipinski definition) is 1. The summed E-state index contributed by atoms with van der Waals surface area (Å²) in [6.45, 7) is 4.25. The predicted octanol–water partition coefficient (Wildman–Crippen LogP) is 1.94. The highest BCUT2D eigenvalue weighted by atomic mass is 35.5. The largest absolute Gasteiger partial charge is 0.394 e. The van der Waals surface area contributed by atoms with Crippen LogP contribution >= 0.6 is 12.4 Å². The van der Waals surface area contributed by atoms with E-state index in [1.807, 2.05) is 13.2 Å². The Balaban J connectivity index is 0. The number of halogens is 1. The van der Waals surface area contributed by atoms with Gasteiger partial charge in [-0.3, -0.25) is 0 Å². The fourth-order valence-corrected chi connectivity index (χ4v) is 0.348. The molecule has 0 atom stereocenters. The van der Waals surface area contributed by atoms with Crippen LogP contribution in [0.15, 0.2) is 11.8 Å². The number of allylic oxidation sites excluding steroid dienone is 1. The van der Waals surface area contributed by atoms with Gasteiger partial charge in [0.15, 0.2) is 0 Å². The molecule has 0 saturated heterocycles. The van der Waals surface area contributed by atoms with Crippen molar-refractivity contribution in [2.45, 2.75) is 20.3 Å². The number of rotatable bonds is 2. The molecule has 0 unspecified atom stereocenters. The SMILES string of the molecule is CC/C(C)=C/NC.Cl. The molecule has 0 amide bonds. The fraction of sp³-hybridized carbons (Fsp3) is 0.667. The van der Waals surface area contributed by atoms with Gasteiger partial charge >= 0.3 is 0 Å². The van der Waals surface area contributed by atoms with Gasteiger partial charge in [-0.15, -0.1) is 12.4 Å². The van der Waals surface area contributed by atoms with Crippen molar-refractivity contribution in [3.05, 3.63) is 11.8 Å². The molecule has 1 nitrogen and oxygen atoms in total. The first kappa shape index (κ1) is 10.7. The topological polar surface area (TPSA) is 12.0 Å². The Morgan fingerprint density at radius 3 is 2.25 bits per heavy atom. The zero-order valence-corrected chi connectivity index (χ0v) is 6.51. The van der Waals surface area contributed by atoms with Crippen LogP contribution in [0.3, 0.4) is 0 Å². The minimum atomic E-state index is 0. The van der Waals surface area contributed by atoms with Gasteiger partial charge in [-0.1, -0.05) is 12.5 Å². The van der Waals surface area contributed by atoms with Crippen molar-refractivity contribution in [2.75, 3.05) is 7.05 Å². The second kappa shape index (κ2) is 6.83. The average molecular weight is 136 g/mol. The summed E-state index contributed by atoms with van der Waals surface area (Å²) in [6, 6.07) is 0. The maximum absolute atomic E-state index is 2.96. The molecule has 0 spiro atoms. The van der Waals surface area contributed by atoms with Crippen LogP contribution in [0.25, 0.3) is 0 Å². The van der Waals surface area contributed by atoms with E-state index in [1.54, 1.807) is 0 Å². The van der Waals surface area contributed by atoms with E-state index in [2.05, 4.69) is 19.2 Å². The van der Waals surface area contributed by atoms with Crippen molar-refractivity contribution in [3.63, 3.8) is 0 Å². The van der Waals surface area contributed by atoms with E-state index in [0.717, 1.165) is 6.42 Å². The summed E-state index contributed by atoms with van der Waals surface area (Å²) < 4.78 is 0. The van der Waals surface area contributed by atoms with E-state index in [-0.39, 0.29) is 12.4 Å². The molecular weight excluding hydrogens is 122 g/mol. The van der Waals surface area contributed by atoms with Gasteiger partial charge in [0.2, 0.25) is 0 Å². The first-order chi connectivity index (χ1) is 3.31. The van der Waals surface area contributed by atoms with Crippen molar-refractivity contribution in [2.24, 2.45) is 0 Å². The summed E-state index contributed by atoms with van der Waals surface area (Å²) in [7, 11) is 1.92. The molecule has 2 heteroatoms. The summed E-state index contributed by atoms with van der Waals surface area (Å²) in [6.07, 6.45) is 3.15. The first-order valence-electron chi connectivity index (χ1n) is 2.64. The fourth-order valence-electron chi connectivity index (χ4n) is 0.348. The first-order valence-corrected chi connectivity index (χ1v) is 2.64. The van der Waals surface area contributed by atoms with E-state index < -0.39 is 0 Å². The van der Waals surface area contributed by atoms with Gasteiger partial charge in [-0.05, 0) is 19.5 Å². The molecule has 0 fully saturated rings. The molecule has 0 aliphatic heterocycles. The molecule has 0 aliphatic rings. The van der Waals surface area contributed by atoms with Crippen LogP contribution in [0, 0.1) is 0 Å². The Hall–Kier alpha value is -0.170. The summed E-state index contributed by atoms with van der Waals surface area (Å²) in [4.78, 5) is 0. The van der Waals surface area contributed by atoms with Gasteiger partial charge in [0, 0.05) is 7.05 Å². The molecule has 8 heavy (non-hydrogen) atoms. The summed E-state index contributed by atoms with van der Waals surface area (Å²) in [5, 5.41) is 2.96. The zero-order chi connectivity index (χ0) is 5.70. The monoisotopic (exact) mass is 135 g/mol. The van der Waals surface area contributed by atoms with Crippen LogP contribution in [-0.4, -0.2) is 7.05 Å². The third-order valence-corrected chi connectivity index (χ3v) is 0.948. The normalized spacial score (nSPS) is 10.1. The lowest BCUT2D eigenvalue weighted by atomic mass is 10.3. The molecule has 0 radical (unpaired) electrons. The molecule has 0 aromatic heterocycles. The van der Waals surface area contributed by atoms with Crippen LogP contribution in [-0.2, 0) is 0 Å². The van der Waals surface area contributed by atoms with Crippen molar-refractivity contribution in [1.29, 1.82) is 0 Å². The molecule has 0 aliphatic carbocycles. The van der Waals surface area contributed by atoms with E-state index in [4.69, 9.17) is 0 Å². The average Bonchev–Trinajstić information content (AvgIpc) is 1.68. The lowest BCUT2D eigenvalue weighted by Gasteiger charge is -1.91. The third-order valence-electron chi connectivity index (χ3n) is 0.948. The molecule has 0 bridgehead atoms. The standard InChI is InChI=1S/C6H13N.ClH/c1-4-6(2)5-7-3;/h5,7H,4H2,1-3H3;1H/b6-5+;.